The Morgan fingerprint density at radius 1 is 1.42 bits per heavy atom. The quantitative estimate of drug-likeness (QED) is 0.917. The molecule has 0 fully saturated rings. The Labute approximate surface area is 111 Å². The van der Waals surface area contributed by atoms with Gasteiger partial charge in [0.05, 0.1) is 6.10 Å². The standard InChI is InChI=1S/C14H16N2O3/c1-9-15-16-14(19-9)8-18-11-6-5-10-3-2-4-13(17)12(10)7-11/h5-7,13,17H,2-4,8H2,1H3/t13-/m0/s1. The molecular weight excluding hydrogens is 244 g/mol. The lowest BCUT2D eigenvalue weighted by molar-refractivity contribution is 0.155. The van der Waals surface area contributed by atoms with E-state index in [1.807, 2.05) is 18.2 Å². The summed E-state index contributed by atoms with van der Waals surface area (Å²) < 4.78 is 10.9. The summed E-state index contributed by atoms with van der Waals surface area (Å²) in [7, 11) is 0. The molecule has 0 saturated heterocycles. The van der Waals surface area contributed by atoms with Crippen molar-refractivity contribution in [3.05, 3.63) is 41.1 Å². The predicted octanol–water partition coefficient (Wildman–Crippen LogP) is 2.33. The van der Waals surface area contributed by atoms with Gasteiger partial charge in [-0.2, -0.15) is 0 Å². The highest BCUT2D eigenvalue weighted by molar-refractivity contribution is 5.38. The molecule has 1 aliphatic rings. The van der Waals surface area contributed by atoms with Crippen LogP contribution in [0.4, 0.5) is 0 Å². The Hall–Kier alpha value is -1.88. The number of nitrogens with zero attached hydrogens (tertiary/aromatic N) is 2. The number of aromatic nitrogens is 2. The minimum atomic E-state index is -0.377. The van der Waals surface area contributed by atoms with Crippen LogP contribution < -0.4 is 4.74 Å². The van der Waals surface area contributed by atoms with Crippen molar-refractivity contribution in [3.8, 4) is 5.75 Å². The molecule has 0 amide bonds. The zero-order valence-corrected chi connectivity index (χ0v) is 10.8. The van der Waals surface area contributed by atoms with Crippen LogP contribution in [0, 0.1) is 6.92 Å². The number of hydrogen-bond acceptors (Lipinski definition) is 5. The smallest absolute Gasteiger partial charge is 0.253 e. The molecule has 1 N–H and O–H groups in total. The maximum atomic E-state index is 9.98. The van der Waals surface area contributed by atoms with Gasteiger partial charge in [0.2, 0.25) is 5.89 Å². The van der Waals surface area contributed by atoms with E-state index in [1.165, 1.54) is 5.56 Å². The topological polar surface area (TPSA) is 68.4 Å². The monoisotopic (exact) mass is 260 g/mol. The fraction of sp³-hybridized carbons (Fsp3) is 0.429. The fourth-order valence-electron chi connectivity index (χ4n) is 2.38. The molecule has 1 aromatic heterocycles. The van der Waals surface area contributed by atoms with E-state index >= 15 is 0 Å². The summed E-state index contributed by atoms with van der Waals surface area (Å²) in [4.78, 5) is 0. The fourth-order valence-corrected chi connectivity index (χ4v) is 2.38. The first-order valence-corrected chi connectivity index (χ1v) is 6.45. The summed E-state index contributed by atoms with van der Waals surface area (Å²) in [5, 5.41) is 17.6. The van der Waals surface area contributed by atoms with Gasteiger partial charge in [0, 0.05) is 6.92 Å². The van der Waals surface area contributed by atoms with E-state index in [9.17, 15) is 5.11 Å². The molecule has 0 bridgehead atoms. The number of fused-ring (bicyclic) bond motifs is 1. The van der Waals surface area contributed by atoms with Crippen LogP contribution in [-0.2, 0) is 13.0 Å². The number of rotatable bonds is 3. The van der Waals surface area contributed by atoms with Crippen LogP contribution in [0.5, 0.6) is 5.75 Å². The Bertz CT molecular complexity index is 580. The van der Waals surface area contributed by atoms with E-state index in [2.05, 4.69) is 10.2 Å². The van der Waals surface area contributed by atoms with Crippen molar-refractivity contribution < 1.29 is 14.3 Å². The van der Waals surface area contributed by atoms with E-state index in [4.69, 9.17) is 9.15 Å². The highest BCUT2D eigenvalue weighted by atomic mass is 16.5. The first kappa shape index (κ1) is 12.2. The minimum absolute atomic E-state index is 0.246. The molecule has 1 aromatic carbocycles. The third kappa shape index (κ3) is 2.61. The molecule has 1 aliphatic carbocycles. The normalized spacial score (nSPS) is 18.1. The number of benzene rings is 1. The molecule has 0 saturated carbocycles. The summed E-state index contributed by atoms with van der Waals surface area (Å²) in [6.45, 7) is 1.99. The Balaban J connectivity index is 1.73. The van der Waals surface area contributed by atoms with Crippen molar-refractivity contribution >= 4 is 0 Å². The molecule has 5 heteroatoms. The van der Waals surface area contributed by atoms with Crippen molar-refractivity contribution in [3.63, 3.8) is 0 Å². The Kier molecular flexibility index (Phi) is 3.21. The lowest BCUT2D eigenvalue weighted by Crippen LogP contribution is -2.09. The number of hydrogen-bond donors (Lipinski definition) is 1. The van der Waals surface area contributed by atoms with Crippen LogP contribution in [0.3, 0.4) is 0 Å². The average Bonchev–Trinajstić information content (AvgIpc) is 2.83. The van der Waals surface area contributed by atoms with Gasteiger partial charge in [-0.15, -0.1) is 10.2 Å². The zero-order valence-electron chi connectivity index (χ0n) is 10.8. The lowest BCUT2D eigenvalue weighted by atomic mass is 9.89. The van der Waals surface area contributed by atoms with Crippen molar-refractivity contribution in [2.24, 2.45) is 0 Å². The summed E-state index contributed by atoms with van der Waals surface area (Å²) in [6.07, 6.45) is 2.50. The van der Waals surface area contributed by atoms with E-state index in [-0.39, 0.29) is 12.7 Å². The van der Waals surface area contributed by atoms with Gasteiger partial charge in [-0.05, 0) is 42.5 Å². The predicted molar refractivity (Wildman–Crippen MR) is 67.7 cm³/mol. The van der Waals surface area contributed by atoms with Crippen LogP contribution in [0.1, 0.15) is 41.9 Å². The highest BCUT2D eigenvalue weighted by Gasteiger charge is 2.18. The number of aliphatic hydroxyl groups excluding tert-OH is 1. The molecule has 3 rings (SSSR count). The molecule has 1 heterocycles. The Morgan fingerprint density at radius 2 is 2.32 bits per heavy atom. The van der Waals surface area contributed by atoms with Crippen LogP contribution in [0.2, 0.25) is 0 Å². The summed E-state index contributed by atoms with van der Waals surface area (Å²) >= 11 is 0. The maximum Gasteiger partial charge on any atom is 0.253 e. The van der Waals surface area contributed by atoms with E-state index in [0.717, 1.165) is 30.6 Å². The van der Waals surface area contributed by atoms with Gasteiger partial charge in [-0.3, -0.25) is 0 Å². The van der Waals surface area contributed by atoms with Crippen molar-refractivity contribution in [1.29, 1.82) is 0 Å². The second-order valence-electron chi connectivity index (χ2n) is 4.77. The molecule has 19 heavy (non-hydrogen) atoms. The number of aliphatic hydroxyl groups is 1. The second-order valence-corrected chi connectivity index (χ2v) is 4.77. The van der Waals surface area contributed by atoms with Gasteiger partial charge in [0.15, 0.2) is 6.61 Å². The first-order chi connectivity index (χ1) is 9.22. The molecule has 2 aromatic rings. The molecule has 100 valence electrons. The third-order valence-electron chi connectivity index (χ3n) is 3.33. The molecule has 0 spiro atoms. The van der Waals surface area contributed by atoms with Crippen molar-refractivity contribution in [1.82, 2.24) is 10.2 Å². The summed E-state index contributed by atoms with van der Waals surface area (Å²) in [5.41, 5.74) is 2.19. The van der Waals surface area contributed by atoms with Crippen molar-refractivity contribution in [2.75, 3.05) is 0 Å². The van der Waals surface area contributed by atoms with Gasteiger partial charge in [-0.25, -0.2) is 0 Å². The van der Waals surface area contributed by atoms with Crippen LogP contribution in [-0.4, -0.2) is 15.3 Å². The Morgan fingerprint density at radius 3 is 3.11 bits per heavy atom. The van der Waals surface area contributed by atoms with E-state index in [1.54, 1.807) is 6.92 Å². The SMILES string of the molecule is Cc1nnc(COc2ccc3c(c2)[C@@H](O)CCC3)o1. The molecule has 0 unspecified atom stereocenters. The minimum Gasteiger partial charge on any atom is -0.484 e. The number of aryl methyl sites for hydroxylation is 2. The van der Waals surface area contributed by atoms with Crippen LogP contribution in [0.15, 0.2) is 22.6 Å². The average molecular weight is 260 g/mol. The van der Waals surface area contributed by atoms with E-state index in [0.29, 0.717) is 11.8 Å². The van der Waals surface area contributed by atoms with Gasteiger partial charge in [0.25, 0.3) is 5.89 Å². The van der Waals surface area contributed by atoms with Gasteiger partial charge < -0.3 is 14.3 Å². The van der Waals surface area contributed by atoms with E-state index < -0.39 is 0 Å². The molecular formula is C14H16N2O3. The molecule has 5 nitrogen and oxygen atoms in total. The highest BCUT2D eigenvalue weighted by Crippen LogP contribution is 2.32. The van der Waals surface area contributed by atoms with Crippen molar-refractivity contribution in [2.45, 2.75) is 38.9 Å². The zero-order chi connectivity index (χ0) is 13.2. The van der Waals surface area contributed by atoms with Gasteiger partial charge in [0.1, 0.15) is 5.75 Å². The lowest BCUT2D eigenvalue weighted by Gasteiger charge is -2.21. The van der Waals surface area contributed by atoms with Crippen LogP contribution >= 0.6 is 0 Å². The molecule has 0 aliphatic heterocycles. The summed E-state index contributed by atoms with van der Waals surface area (Å²) in [5.74, 6) is 1.70. The maximum absolute atomic E-state index is 9.98. The largest absolute Gasteiger partial charge is 0.484 e. The molecule has 0 radical (unpaired) electrons. The van der Waals surface area contributed by atoms with Gasteiger partial charge in [-0.1, -0.05) is 6.07 Å². The summed E-state index contributed by atoms with van der Waals surface area (Å²) in [6, 6.07) is 5.84. The third-order valence-corrected chi connectivity index (χ3v) is 3.33. The second kappa shape index (κ2) is 5.01. The molecule has 1 atom stereocenters. The number of ether oxygens (including phenoxy) is 1. The van der Waals surface area contributed by atoms with Crippen LogP contribution in [0.25, 0.3) is 0 Å². The first-order valence-electron chi connectivity index (χ1n) is 6.45. The van der Waals surface area contributed by atoms with Gasteiger partial charge >= 0.3 is 0 Å².